The first kappa shape index (κ1) is 18.7. The van der Waals surface area contributed by atoms with Crippen LogP contribution in [0.3, 0.4) is 0 Å². The quantitative estimate of drug-likeness (QED) is 0.677. The van der Waals surface area contributed by atoms with E-state index in [1.807, 2.05) is 0 Å². The van der Waals surface area contributed by atoms with Gasteiger partial charge in [-0.05, 0) is 18.2 Å². The molecule has 0 unspecified atom stereocenters. The zero-order chi connectivity index (χ0) is 20.8. The molecule has 8 nitrogen and oxygen atoms in total. The molecule has 1 aliphatic heterocycles. The third-order valence-electron chi connectivity index (χ3n) is 4.65. The van der Waals surface area contributed by atoms with Crippen molar-refractivity contribution in [1.29, 1.82) is 0 Å². The number of aromatic nitrogens is 4. The Hall–Kier alpha value is -3.63. The minimum atomic E-state index is -4.49. The lowest BCUT2D eigenvalue weighted by atomic mass is 10.1. The predicted octanol–water partition coefficient (Wildman–Crippen LogP) is 2.37. The van der Waals surface area contributed by atoms with Gasteiger partial charge in [0.1, 0.15) is 11.3 Å². The smallest absolute Gasteiger partial charge is 0.335 e. The van der Waals surface area contributed by atoms with Crippen molar-refractivity contribution in [3.8, 4) is 0 Å². The van der Waals surface area contributed by atoms with E-state index in [1.165, 1.54) is 16.7 Å². The van der Waals surface area contributed by atoms with Gasteiger partial charge in [-0.25, -0.2) is 4.98 Å². The number of amides is 2. The van der Waals surface area contributed by atoms with E-state index in [0.717, 1.165) is 18.3 Å². The van der Waals surface area contributed by atoms with Gasteiger partial charge in [0.05, 0.1) is 17.8 Å². The molecule has 3 aromatic heterocycles. The number of hydrogen-bond acceptors (Lipinski definition) is 4. The zero-order valence-electron chi connectivity index (χ0n) is 14.9. The standard InChI is InChI=1S/C18H15F3N6O2/c1-2-16(28)25-9-12(10-25)27-6-4-14(24-27)23-17(29)13-8-22-15-7-11(18(19,20)21)3-5-26(13)15/h2-8,12H,1,9-10H2,(H,23,24,29). The maximum Gasteiger partial charge on any atom is 0.416 e. The van der Waals surface area contributed by atoms with Gasteiger partial charge in [0, 0.05) is 31.5 Å². The number of halogens is 3. The Morgan fingerprint density at radius 2 is 2.00 bits per heavy atom. The first-order valence-corrected chi connectivity index (χ1v) is 8.58. The van der Waals surface area contributed by atoms with Crippen LogP contribution < -0.4 is 5.32 Å². The van der Waals surface area contributed by atoms with Crippen molar-refractivity contribution >= 4 is 23.3 Å². The number of carbonyl (C=O) groups excluding carboxylic acids is 2. The van der Waals surface area contributed by atoms with Crippen LogP contribution in [-0.4, -0.2) is 49.0 Å². The molecule has 3 aromatic rings. The molecule has 4 rings (SSSR count). The summed E-state index contributed by atoms with van der Waals surface area (Å²) in [7, 11) is 0. The van der Waals surface area contributed by atoms with Gasteiger partial charge >= 0.3 is 6.18 Å². The van der Waals surface area contributed by atoms with Crippen molar-refractivity contribution in [2.75, 3.05) is 18.4 Å². The van der Waals surface area contributed by atoms with Crippen LogP contribution in [0.5, 0.6) is 0 Å². The molecule has 1 aliphatic rings. The summed E-state index contributed by atoms with van der Waals surface area (Å²) in [4.78, 5) is 29.5. The van der Waals surface area contributed by atoms with Crippen LogP contribution in [0.4, 0.5) is 19.0 Å². The average molecular weight is 404 g/mol. The molecule has 2 amide bonds. The third-order valence-corrected chi connectivity index (χ3v) is 4.65. The molecular weight excluding hydrogens is 389 g/mol. The Labute approximate surface area is 162 Å². The minimum absolute atomic E-state index is 0.00105. The number of nitrogens with zero attached hydrogens (tertiary/aromatic N) is 5. The van der Waals surface area contributed by atoms with Crippen LogP contribution in [0, 0.1) is 0 Å². The third kappa shape index (κ3) is 3.46. The number of alkyl halides is 3. The first-order valence-electron chi connectivity index (χ1n) is 8.58. The number of nitrogens with one attached hydrogen (secondary N) is 1. The number of rotatable bonds is 4. The summed E-state index contributed by atoms with van der Waals surface area (Å²) in [5, 5.41) is 6.87. The lowest BCUT2D eigenvalue weighted by molar-refractivity contribution is -0.137. The summed E-state index contributed by atoms with van der Waals surface area (Å²) >= 11 is 0. The van der Waals surface area contributed by atoms with Gasteiger partial charge in [0.25, 0.3) is 5.91 Å². The molecule has 1 N–H and O–H groups in total. The molecule has 150 valence electrons. The fourth-order valence-corrected chi connectivity index (χ4v) is 3.05. The van der Waals surface area contributed by atoms with E-state index in [0.29, 0.717) is 13.1 Å². The van der Waals surface area contributed by atoms with Gasteiger partial charge in [-0.1, -0.05) is 6.58 Å². The van der Waals surface area contributed by atoms with Crippen LogP contribution in [0.2, 0.25) is 0 Å². The van der Waals surface area contributed by atoms with E-state index < -0.39 is 17.6 Å². The summed E-state index contributed by atoms with van der Waals surface area (Å²) < 4.78 is 41.3. The molecule has 0 aromatic carbocycles. The van der Waals surface area contributed by atoms with E-state index in [1.54, 1.807) is 21.8 Å². The average Bonchev–Trinajstić information content (AvgIpc) is 3.25. The predicted molar refractivity (Wildman–Crippen MR) is 96.2 cm³/mol. The number of likely N-dealkylation sites (tertiary alicyclic amines) is 1. The van der Waals surface area contributed by atoms with Gasteiger partial charge < -0.3 is 10.2 Å². The van der Waals surface area contributed by atoms with Crippen LogP contribution in [0.1, 0.15) is 22.1 Å². The highest BCUT2D eigenvalue weighted by atomic mass is 19.4. The topological polar surface area (TPSA) is 84.5 Å². The van der Waals surface area contributed by atoms with Crippen LogP contribution in [-0.2, 0) is 11.0 Å². The highest BCUT2D eigenvalue weighted by molar-refractivity contribution is 6.02. The lowest BCUT2D eigenvalue weighted by Gasteiger charge is -2.38. The number of fused-ring (bicyclic) bond motifs is 1. The number of imidazole rings is 1. The van der Waals surface area contributed by atoms with E-state index >= 15 is 0 Å². The van der Waals surface area contributed by atoms with Gasteiger partial charge in [-0.3, -0.25) is 18.7 Å². The summed E-state index contributed by atoms with van der Waals surface area (Å²) in [6.07, 6.45) is 0.791. The Bertz CT molecular complexity index is 1110. The SMILES string of the molecule is C=CC(=O)N1CC(n2ccc(NC(=O)c3cnc4cc(C(F)(F)F)ccn34)n2)C1. The van der Waals surface area contributed by atoms with Crippen molar-refractivity contribution in [3.05, 3.63) is 60.7 Å². The minimum Gasteiger partial charge on any atom is -0.335 e. The van der Waals surface area contributed by atoms with Crippen molar-refractivity contribution in [1.82, 2.24) is 24.1 Å². The van der Waals surface area contributed by atoms with Gasteiger partial charge in [0.2, 0.25) is 5.91 Å². The molecule has 0 bridgehead atoms. The summed E-state index contributed by atoms with van der Waals surface area (Å²) in [6.45, 7) is 4.43. The molecule has 29 heavy (non-hydrogen) atoms. The van der Waals surface area contributed by atoms with Gasteiger partial charge in [-0.15, -0.1) is 0 Å². The molecule has 4 heterocycles. The Morgan fingerprint density at radius 3 is 2.69 bits per heavy atom. The Kier molecular flexibility index (Phi) is 4.36. The number of anilines is 1. The van der Waals surface area contributed by atoms with E-state index in [4.69, 9.17) is 0 Å². The van der Waals surface area contributed by atoms with E-state index in [2.05, 4.69) is 22.0 Å². The van der Waals surface area contributed by atoms with E-state index in [-0.39, 0.29) is 29.1 Å². The van der Waals surface area contributed by atoms with Crippen molar-refractivity contribution < 1.29 is 22.8 Å². The molecule has 0 spiro atoms. The van der Waals surface area contributed by atoms with Gasteiger partial charge in [0.15, 0.2) is 5.82 Å². The van der Waals surface area contributed by atoms with Gasteiger partial charge in [-0.2, -0.15) is 18.3 Å². The highest BCUT2D eigenvalue weighted by Crippen LogP contribution is 2.30. The van der Waals surface area contributed by atoms with Crippen LogP contribution >= 0.6 is 0 Å². The molecule has 1 fully saturated rings. The maximum atomic E-state index is 12.8. The lowest BCUT2D eigenvalue weighted by Crippen LogP contribution is -2.50. The molecule has 0 aliphatic carbocycles. The Morgan fingerprint density at radius 1 is 1.24 bits per heavy atom. The van der Waals surface area contributed by atoms with E-state index in [9.17, 15) is 22.8 Å². The largest absolute Gasteiger partial charge is 0.416 e. The monoisotopic (exact) mass is 404 g/mol. The van der Waals surface area contributed by atoms with Crippen molar-refractivity contribution in [3.63, 3.8) is 0 Å². The molecule has 11 heteroatoms. The molecule has 1 saturated heterocycles. The number of hydrogen-bond donors (Lipinski definition) is 1. The maximum absolute atomic E-state index is 12.8. The van der Waals surface area contributed by atoms with Crippen LogP contribution in [0.15, 0.2) is 49.4 Å². The van der Waals surface area contributed by atoms with Crippen molar-refractivity contribution in [2.24, 2.45) is 0 Å². The first-order chi connectivity index (χ1) is 13.8. The summed E-state index contributed by atoms with van der Waals surface area (Å²) in [6, 6.07) is 3.35. The van der Waals surface area contributed by atoms with Crippen LogP contribution in [0.25, 0.3) is 5.65 Å². The summed E-state index contributed by atoms with van der Waals surface area (Å²) in [5.41, 5.74) is -0.752. The summed E-state index contributed by atoms with van der Waals surface area (Å²) in [5.74, 6) is -0.423. The fourth-order valence-electron chi connectivity index (χ4n) is 3.05. The second kappa shape index (κ2) is 6.76. The number of carbonyl (C=O) groups is 2. The second-order valence-corrected chi connectivity index (χ2v) is 6.52. The normalized spacial score (nSPS) is 14.7. The molecule has 0 saturated carbocycles. The molecule has 0 radical (unpaired) electrons. The Balaban J connectivity index is 1.46. The zero-order valence-corrected chi connectivity index (χ0v) is 14.9. The highest BCUT2D eigenvalue weighted by Gasteiger charge is 2.32. The fraction of sp³-hybridized carbons (Fsp3) is 0.222. The number of pyridine rings is 1. The molecular formula is C18H15F3N6O2. The molecule has 0 atom stereocenters. The van der Waals surface area contributed by atoms with Crippen molar-refractivity contribution in [2.45, 2.75) is 12.2 Å². The second-order valence-electron chi connectivity index (χ2n) is 6.52.